The number of rotatable bonds is 2. The van der Waals surface area contributed by atoms with E-state index in [9.17, 15) is 10.4 Å². The number of aliphatic hydroxyl groups excluding tert-OH is 1. The number of benzene rings is 1. The molecule has 0 saturated heterocycles. The zero-order chi connectivity index (χ0) is 13.0. The number of nitriles is 1. The Morgan fingerprint density at radius 1 is 1.39 bits per heavy atom. The molecule has 1 atom stereocenters. The van der Waals surface area contributed by atoms with E-state index < -0.39 is 6.10 Å². The Balaban J connectivity index is 2.27. The fraction of sp³-hybridized carbons (Fsp3) is 0.133. The summed E-state index contributed by atoms with van der Waals surface area (Å²) in [5.74, 6) is 0. The zero-order valence-electron chi connectivity index (χ0n) is 9.68. The lowest BCUT2D eigenvalue weighted by Gasteiger charge is -2.08. The third-order valence-corrected chi connectivity index (χ3v) is 2.94. The second-order valence-corrected chi connectivity index (χ2v) is 4.48. The van der Waals surface area contributed by atoms with Gasteiger partial charge in [0.2, 0.25) is 0 Å². The minimum Gasteiger partial charge on any atom is -0.389 e. The van der Waals surface area contributed by atoms with Gasteiger partial charge in [-0.25, -0.2) is 0 Å². The van der Waals surface area contributed by atoms with Crippen LogP contribution in [0, 0.1) is 11.3 Å². The standard InChI is InChI=1S/C15H12ClNO/c16-14-5-3-12(4-6-14)13(10-17)9-11-1-7-15(18)8-2-11/h1-7,9,15,18H,8H2/b13-9+. The van der Waals surface area contributed by atoms with Crippen molar-refractivity contribution >= 4 is 17.2 Å². The number of nitrogens with zero attached hydrogens (tertiary/aromatic N) is 1. The second-order valence-electron chi connectivity index (χ2n) is 4.04. The van der Waals surface area contributed by atoms with Gasteiger partial charge in [0.25, 0.3) is 0 Å². The lowest BCUT2D eigenvalue weighted by atomic mass is 10.00. The van der Waals surface area contributed by atoms with Crippen molar-refractivity contribution in [3.63, 3.8) is 0 Å². The summed E-state index contributed by atoms with van der Waals surface area (Å²) in [7, 11) is 0. The highest BCUT2D eigenvalue weighted by Crippen LogP contribution is 2.21. The van der Waals surface area contributed by atoms with Gasteiger partial charge in [-0.1, -0.05) is 42.0 Å². The van der Waals surface area contributed by atoms with Crippen LogP contribution in [0.1, 0.15) is 12.0 Å². The van der Waals surface area contributed by atoms with E-state index in [2.05, 4.69) is 6.07 Å². The first-order valence-corrected chi connectivity index (χ1v) is 6.01. The quantitative estimate of drug-likeness (QED) is 0.824. The van der Waals surface area contributed by atoms with Crippen molar-refractivity contribution in [2.75, 3.05) is 0 Å². The molecule has 0 radical (unpaired) electrons. The van der Waals surface area contributed by atoms with Crippen molar-refractivity contribution in [2.24, 2.45) is 0 Å². The fourth-order valence-corrected chi connectivity index (χ4v) is 1.83. The Morgan fingerprint density at radius 2 is 2.11 bits per heavy atom. The molecule has 0 fully saturated rings. The van der Waals surface area contributed by atoms with E-state index in [1.807, 2.05) is 30.4 Å². The predicted molar refractivity (Wildman–Crippen MR) is 72.9 cm³/mol. The first-order chi connectivity index (χ1) is 8.69. The monoisotopic (exact) mass is 257 g/mol. The molecule has 1 aromatic carbocycles. The summed E-state index contributed by atoms with van der Waals surface area (Å²) >= 11 is 5.81. The van der Waals surface area contributed by atoms with Gasteiger partial charge in [-0.2, -0.15) is 5.26 Å². The average molecular weight is 258 g/mol. The van der Waals surface area contributed by atoms with Crippen LogP contribution in [0.2, 0.25) is 5.02 Å². The third-order valence-electron chi connectivity index (χ3n) is 2.69. The molecule has 0 spiro atoms. The van der Waals surface area contributed by atoms with Crippen LogP contribution in [0.3, 0.4) is 0 Å². The normalized spacial score (nSPS) is 19.3. The molecule has 2 nitrogen and oxygen atoms in total. The smallest absolute Gasteiger partial charge is 0.0998 e. The van der Waals surface area contributed by atoms with Crippen LogP contribution in [0.5, 0.6) is 0 Å². The lowest BCUT2D eigenvalue weighted by molar-refractivity contribution is 0.225. The van der Waals surface area contributed by atoms with Gasteiger partial charge in [-0.3, -0.25) is 0 Å². The lowest BCUT2D eigenvalue weighted by Crippen LogP contribution is -2.03. The molecule has 0 amide bonds. The Hall–Kier alpha value is -1.82. The molecule has 0 bridgehead atoms. The fourth-order valence-electron chi connectivity index (χ4n) is 1.71. The van der Waals surface area contributed by atoms with E-state index in [1.165, 1.54) is 0 Å². The Kier molecular flexibility index (Phi) is 3.99. The van der Waals surface area contributed by atoms with Crippen LogP contribution in [0.15, 0.2) is 54.1 Å². The summed E-state index contributed by atoms with van der Waals surface area (Å²) in [6.07, 6.45) is 7.44. The highest BCUT2D eigenvalue weighted by atomic mass is 35.5. The Bertz CT molecular complexity index is 561. The molecule has 0 aliphatic heterocycles. The molecule has 1 aliphatic carbocycles. The minimum atomic E-state index is -0.414. The van der Waals surface area contributed by atoms with Gasteiger partial charge >= 0.3 is 0 Å². The first-order valence-electron chi connectivity index (χ1n) is 5.63. The molecule has 0 heterocycles. The number of allylic oxidation sites excluding steroid dienone is 4. The van der Waals surface area contributed by atoms with Gasteiger partial charge < -0.3 is 5.11 Å². The summed E-state index contributed by atoms with van der Waals surface area (Å²) in [5, 5.41) is 19.2. The van der Waals surface area contributed by atoms with Crippen LogP contribution >= 0.6 is 11.6 Å². The minimum absolute atomic E-state index is 0.414. The van der Waals surface area contributed by atoms with Crippen molar-refractivity contribution in [1.29, 1.82) is 5.26 Å². The van der Waals surface area contributed by atoms with E-state index in [-0.39, 0.29) is 0 Å². The predicted octanol–water partition coefficient (Wildman–Crippen LogP) is 3.49. The molecule has 1 unspecified atom stereocenters. The SMILES string of the molecule is N#C/C(=C\C1=CCC(O)C=C1)c1ccc(Cl)cc1. The maximum Gasteiger partial charge on any atom is 0.0998 e. The van der Waals surface area contributed by atoms with Crippen molar-refractivity contribution in [1.82, 2.24) is 0 Å². The summed E-state index contributed by atoms with van der Waals surface area (Å²) in [6, 6.07) is 9.34. The van der Waals surface area contributed by atoms with Gasteiger partial charge in [0, 0.05) is 5.02 Å². The van der Waals surface area contributed by atoms with Gasteiger partial charge in [0.15, 0.2) is 0 Å². The molecule has 2 rings (SSSR count). The molecule has 18 heavy (non-hydrogen) atoms. The Labute approximate surface area is 111 Å². The van der Waals surface area contributed by atoms with Gasteiger partial charge in [-0.05, 0) is 35.8 Å². The number of hydrogen-bond donors (Lipinski definition) is 1. The third kappa shape index (κ3) is 3.10. The summed E-state index contributed by atoms with van der Waals surface area (Å²) in [6.45, 7) is 0. The summed E-state index contributed by atoms with van der Waals surface area (Å²) in [4.78, 5) is 0. The maximum absolute atomic E-state index is 9.33. The van der Waals surface area contributed by atoms with Crippen molar-refractivity contribution < 1.29 is 5.11 Å². The second kappa shape index (κ2) is 5.68. The largest absolute Gasteiger partial charge is 0.389 e. The molecular formula is C15H12ClNO. The highest BCUT2D eigenvalue weighted by molar-refractivity contribution is 6.30. The Morgan fingerprint density at radius 3 is 2.67 bits per heavy atom. The molecule has 0 aromatic heterocycles. The highest BCUT2D eigenvalue weighted by Gasteiger charge is 2.05. The van der Waals surface area contributed by atoms with Crippen molar-refractivity contribution in [3.05, 3.63) is 64.7 Å². The van der Waals surface area contributed by atoms with Crippen molar-refractivity contribution in [2.45, 2.75) is 12.5 Å². The molecule has 1 aliphatic rings. The first kappa shape index (κ1) is 12.6. The van der Waals surface area contributed by atoms with Crippen LogP contribution in [0.4, 0.5) is 0 Å². The van der Waals surface area contributed by atoms with Gasteiger partial charge in [0.05, 0.1) is 17.7 Å². The van der Waals surface area contributed by atoms with Crippen LogP contribution in [0.25, 0.3) is 5.57 Å². The molecule has 1 aromatic rings. The van der Waals surface area contributed by atoms with E-state index in [4.69, 9.17) is 11.6 Å². The van der Waals surface area contributed by atoms with Gasteiger partial charge in [-0.15, -0.1) is 0 Å². The maximum atomic E-state index is 9.33. The molecule has 90 valence electrons. The number of hydrogen-bond acceptors (Lipinski definition) is 2. The van der Waals surface area contributed by atoms with E-state index in [1.54, 1.807) is 18.2 Å². The van der Waals surface area contributed by atoms with Crippen LogP contribution in [-0.4, -0.2) is 11.2 Å². The molecule has 1 N–H and O–H groups in total. The number of aliphatic hydroxyl groups is 1. The molecular weight excluding hydrogens is 246 g/mol. The zero-order valence-corrected chi connectivity index (χ0v) is 10.4. The van der Waals surface area contributed by atoms with E-state index in [0.29, 0.717) is 17.0 Å². The van der Waals surface area contributed by atoms with E-state index in [0.717, 1.165) is 11.1 Å². The van der Waals surface area contributed by atoms with E-state index >= 15 is 0 Å². The van der Waals surface area contributed by atoms with Crippen LogP contribution < -0.4 is 0 Å². The van der Waals surface area contributed by atoms with Crippen molar-refractivity contribution in [3.8, 4) is 6.07 Å². The molecule has 0 saturated carbocycles. The van der Waals surface area contributed by atoms with Gasteiger partial charge in [0.1, 0.15) is 0 Å². The number of halogens is 1. The summed E-state index contributed by atoms with van der Waals surface area (Å²) < 4.78 is 0. The average Bonchev–Trinajstić information content (AvgIpc) is 2.39. The molecule has 3 heteroatoms. The topological polar surface area (TPSA) is 44.0 Å². The summed E-state index contributed by atoms with van der Waals surface area (Å²) in [5.41, 5.74) is 2.35. The van der Waals surface area contributed by atoms with Crippen LogP contribution in [-0.2, 0) is 0 Å².